The Hall–Kier alpha value is -3.19. The van der Waals surface area contributed by atoms with Gasteiger partial charge in [0.15, 0.2) is 0 Å². The van der Waals surface area contributed by atoms with E-state index in [0.717, 1.165) is 11.3 Å². The summed E-state index contributed by atoms with van der Waals surface area (Å²) in [6, 6.07) is 14.5. The van der Waals surface area contributed by atoms with Gasteiger partial charge in [0.05, 0.1) is 17.4 Å². The minimum absolute atomic E-state index is 0.170. The van der Waals surface area contributed by atoms with E-state index in [2.05, 4.69) is 10.3 Å². The van der Waals surface area contributed by atoms with Gasteiger partial charge >= 0.3 is 0 Å². The summed E-state index contributed by atoms with van der Waals surface area (Å²) < 4.78 is 6.60. The number of carbonyl (C=O) groups is 1. The molecule has 0 spiro atoms. The highest BCUT2D eigenvalue weighted by Crippen LogP contribution is 2.22. The molecule has 0 aliphatic rings. The van der Waals surface area contributed by atoms with Crippen molar-refractivity contribution < 1.29 is 9.53 Å². The number of aromatic nitrogens is 2. The number of thiophene rings is 1. The molecule has 0 saturated carbocycles. The molecule has 0 bridgehead atoms. The minimum atomic E-state index is -0.225. The maximum Gasteiger partial charge on any atom is 0.266 e. The number of fused-ring (bicyclic) bond motifs is 2. The third-order valence-electron chi connectivity index (χ3n) is 4.05. The molecule has 4 rings (SSSR count). The second kappa shape index (κ2) is 6.61. The lowest BCUT2D eigenvalue weighted by Crippen LogP contribution is -2.21. The molecule has 1 N–H and O–H groups in total. The van der Waals surface area contributed by atoms with Crippen LogP contribution >= 0.6 is 11.3 Å². The standard InChI is InChI=1S/C19H15N3O3S/c1-25-13-7-5-12(6-8-13)11-20-17(23)15-10-14-18(26-15)21-16-4-2-3-9-22(16)19(14)24/h2-10H,11H2,1H3,(H,20,23). The zero-order chi connectivity index (χ0) is 18.1. The van der Waals surface area contributed by atoms with E-state index in [4.69, 9.17) is 4.74 Å². The number of hydrogen-bond donors (Lipinski definition) is 1. The Morgan fingerprint density at radius 3 is 2.81 bits per heavy atom. The van der Waals surface area contributed by atoms with Crippen LogP contribution in [0.2, 0.25) is 0 Å². The summed E-state index contributed by atoms with van der Waals surface area (Å²) in [5, 5.41) is 3.32. The third-order valence-corrected chi connectivity index (χ3v) is 5.08. The van der Waals surface area contributed by atoms with Gasteiger partial charge in [0.25, 0.3) is 11.5 Å². The number of nitrogens with one attached hydrogen (secondary N) is 1. The molecule has 0 fully saturated rings. The fourth-order valence-electron chi connectivity index (χ4n) is 2.67. The van der Waals surface area contributed by atoms with Crippen molar-refractivity contribution in [2.24, 2.45) is 0 Å². The van der Waals surface area contributed by atoms with E-state index in [1.807, 2.05) is 30.3 Å². The van der Waals surface area contributed by atoms with Crippen LogP contribution in [-0.4, -0.2) is 22.4 Å². The van der Waals surface area contributed by atoms with E-state index in [0.29, 0.717) is 27.3 Å². The maximum absolute atomic E-state index is 12.5. The first kappa shape index (κ1) is 16.3. The summed E-state index contributed by atoms with van der Waals surface area (Å²) >= 11 is 1.22. The Labute approximate surface area is 152 Å². The summed E-state index contributed by atoms with van der Waals surface area (Å²) in [5.74, 6) is 0.542. The zero-order valence-corrected chi connectivity index (χ0v) is 14.7. The van der Waals surface area contributed by atoms with E-state index in [9.17, 15) is 9.59 Å². The molecule has 0 aliphatic heterocycles. The lowest BCUT2D eigenvalue weighted by Gasteiger charge is -2.05. The van der Waals surface area contributed by atoms with Crippen LogP contribution in [0.3, 0.4) is 0 Å². The molecule has 3 aromatic heterocycles. The Kier molecular flexibility index (Phi) is 4.14. The monoisotopic (exact) mass is 365 g/mol. The molecule has 0 radical (unpaired) electrons. The first-order chi connectivity index (χ1) is 12.7. The molecule has 6 nitrogen and oxygen atoms in total. The molecule has 4 aromatic rings. The van der Waals surface area contributed by atoms with Crippen molar-refractivity contribution in [3.05, 3.63) is 75.5 Å². The average Bonchev–Trinajstić information content (AvgIpc) is 3.11. The highest BCUT2D eigenvalue weighted by atomic mass is 32.1. The Bertz CT molecular complexity index is 1160. The van der Waals surface area contributed by atoms with Crippen LogP contribution in [0.25, 0.3) is 15.9 Å². The van der Waals surface area contributed by atoms with Crippen LogP contribution in [-0.2, 0) is 6.54 Å². The molecule has 0 saturated heterocycles. The van der Waals surface area contributed by atoms with Gasteiger partial charge in [-0.15, -0.1) is 11.3 Å². The van der Waals surface area contributed by atoms with Crippen LogP contribution in [0.5, 0.6) is 5.75 Å². The van der Waals surface area contributed by atoms with E-state index >= 15 is 0 Å². The number of hydrogen-bond acceptors (Lipinski definition) is 5. The molecule has 7 heteroatoms. The Morgan fingerprint density at radius 2 is 2.04 bits per heavy atom. The van der Waals surface area contributed by atoms with E-state index < -0.39 is 0 Å². The summed E-state index contributed by atoms with van der Waals surface area (Å²) in [6.45, 7) is 0.394. The number of amides is 1. The predicted octanol–water partition coefficient (Wildman–Crippen LogP) is 2.85. The first-order valence-electron chi connectivity index (χ1n) is 7.98. The average molecular weight is 365 g/mol. The number of carbonyl (C=O) groups excluding carboxylic acids is 1. The van der Waals surface area contributed by atoms with Crippen LogP contribution < -0.4 is 15.6 Å². The lowest BCUT2D eigenvalue weighted by molar-refractivity contribution is 0.0955. The number of benzene rings is 1. The van der Waals surface area contributed by atoms with Crippen LogP contribution in [0.1, 0.15) is 15.2 Å². The van der Waals surface area contributed by atoms with Crippen molar-refractivity contribution in [1.82, 2.24) is 14.7 Å². The van der Waals surface area contributed by atoms with Crippen molar-refractivity contribution in [3.63, 3.8) is 0 Å². The SMILES string of the molecule is COc1ccc(CNC(=O)c2cc3c(=O)n4ccccc4nc3s2)cc1. The van der Waals surface area contributed by atoms with Crippen LogP contribution in [0.4, 0.5) is 0 Å². The number of pyridine rings is 1. The van der Waals surface area contributed by atoms with Crippen molar-refractivity contribution in [2.75, 3.05) is 7.11 Å². The summed E-state index contributed by atoms with van der Waals surface area (Å²) in [4.78, 5) is 30.5. The van der Waals surface area contributed by atoms with Gasteiger partial charge in [-0.2, -0.15) is 0 Å². The molecule has 130 valence electrons. The van der Waals surface area contributed by atoms with Crippen molar-refractivity contribution in [1.29, 1.82) is 0 Å². The van der Waals surface area contributed by atoms with Crippen LogP contribution in [0, 0.1) is 0 Å². The number of methoxy groups -OCH3 is 1. The second-order valence-electron chi connectivity index (χ2n) is 5.71. The molecule has 3 heterocycles. The predicted molar refractivity (Wildman–Crippen MR) is 101 cm³/mol. The quantitative estimate of drug-likeness (QED) is 0.604. The van der Waals surface area contributed by atoms with Gasteiger partial charge in [-0.25, -0.2) is 4.98 Å². The van der Waals surface area contributed by atoms with Gasteiger partial charge in [0.1, 0.15) is 16.2 Å². The van der Waals surface area contributed by atoms with Crippen LogP contribution in [0.15, 0.2) is 59.5 Å². The van der Waals surface area contributed by atoms with Gasteiger partial charge < -0.3 is 10.1 Å². The molecular weight excluding hydrogens is 350 g/mol. The number of nitrogens with zero attached hydrogens (tertiary/aromatic N) is 2. The van der Waals surface area contributed by atoms with Gasteiger partial charge in [-0.3, -0.25) is 14.0 Å². The fraction of sp³-hybridized carbons (Fsp3) is 0.105. The summed E-state index contributed by atoms with van der Waals surface area (Å²) in [5.41, 5.74) is 1.36. The maximum atomic E-state index is 12.5. The fourth-order valence-corrected chi connectivity index (χ4v) is 3.62. The number of rotatable bonds is 4. The highest BCUT2D eigenvalue weighted by molar-refractivity contribution is 7.20. The first-order valence-corrected chi connectivity index (χ1v) is 8.79. The smallest absolute Gasteiger partial charge is 0.266 e. The lowest BCUT2D eigenvalue weighted by atomic mass is 10.2. The number of ether oxygens (including phenoxy) is 1. The van der Waals surface area contributed by atoms with E-state index in [1.165, 1.54) is 15.7 Å². The second-order valence-corrected chi connectivity index (χ2v) is 6.74. The Balaban J connectivity index is 1.59. The van der Waals surface area contributed by atoms with Gasteiger partial charge in [-0.05, 0) is 35.9 Å². The van der Waals surface area contributed by atoms with Gasteiger partial charge in [0, 0.05) is 12.7 Å². The molecule has 26 heavy (non-hydrogen) atoms. The normalized spacial score (nSPS) is 11.0. The molecule has 0 aliphatic carbocycles. The van der Waals surface area contributed by atoms with E-state index in [-0.39, 0.29) is 11.5 Å². The Morgan fingerprint density at radius 1 is 1.23 bits per heavy atom. The zero-order valence-electron chi connectivity index (χ0n) is 13.9. The van der Waals surface area contributed by atoms with Crippen molar-refractivity contribution in [3.8, 4) is 5.75 Å². The summed E-state index contributed by atoms with van der Waals surface area (Å²) in [6.07, 6.45) is 1.67. The topological polar surface area (TPSA) is 72.7 Å². The van der Waals surface area contributed by atoms with E-state index in [1.54, 1.807) is 31.5 Å². The van der Waals surface area contributed by atoms with Crippen molar-refractivity contribution in [2.45, 2.75) is 6.54 Å². The molecular formula is C19H15N3O3S. The molecule has 0 atom stereocenters. The molecule has 1 amide bonds. The molecule has 1 aromatic carbocycles. The van der Waals surface area contributed by atoms with Gasteiger partial charge in [0.2, 0.25) is 0 Å². The van der Waals surface area contributed by atoms with Crippen molar-refractivity contribution >= 4 is 33.1 Å². The summed E-state index contributed by atoms with van der Waals surface area (Å²) in [7, 11) is 1.61. The third kappa shape index (κ3) is 2.93. The highest BCUT2D eigenvalue weighted by Gasteiger charge is 2.14. The molecule has 0 unspecified atom stereocenters. The largest absolute Gasteiger partial charge is 0.497 e. The minimum Gasteiger partial charge on any atom is -0.497 e. The van der Waals surface area contributed by atoms with Gasteiger partial charge in [-0.1, -0.05) is 18.2 Å².